The minimum absolute atomic E-state index is 0.0728. The van der Waals surface area contributed by atoms with Crippen LogP contribution in [-0.4, -0.2) is 34.6 Å². The van der Waals surface area contributed by atoms with Gasteiger partial charge in [0, 0.05) is 6.07 Å². The molecule has 1 atom stereocenters. The molecule has 1 unspecified atom stereocenters. The predicted octanol–water partition coefficient (Wildman–Crippen LogP) is 1.73. The van der Waals surface area contributed by atoms with Crippen molar-refractivity contribution in [3.63, 3.8) is 0 Å². The van der Waals surface area contributed by atoms with Crippen molar-refractivity contribution in [1.29, 1.82) is 0 Å². The van der Waals surface area contributed by atoms with E-state index in [-0.39, 0.29) is 24.5 Å². The first-order valence-corrected chi connectivity index (χ1v) is 6.84. The van der Waals surface area contributed by atoms with Crippen molar-refractivity contribution in [3.05, 3.63) is 34.4 Å². The number of para-hydroxylation sites is 2. The number of rotatable bonds is 9. The molecule has 0 bridgehead atoms. The fourth-order valence-corrected chi connectivity index (χ4v) is 1.80. The summed E-state index contributed by atoms with van der Waals surface area (Å²) in [7, 11) is 0. The van der Waals surface area contributed by atoms with E-state index in [1.807, 2.05) is 6.92 Å². The van der Waals surface area contributed by atoms with Crippen LogP contribution in [0.5, 0.6) is 5.75 Å². The molecule has 1 rings (SSSR count). The van der Waals surface area contributed by atoms with Gasteiger partial charge in [-0.25, -0.2) is 4.79 Å². The molecule has 8 heteroatoms. The number of nitrogens with zero attached hydrogens (tertiary/aromatic N) is 1. The number of benzene rings is 1. The fraction of sp³-hybridized carbons (Fsp3) is 0.429. The second-order valence-corrected chi connectivity index (χ2v) is 4.57. The first-order valence-electron chi connectivity index (χ1n) is 6.84. The van der Waals surface area contributed by atoms with Gasteiger partial charge in [0.15, 0.2) is 5.75 Å². The molecular formula is C14H18N2O6. The molecule has 0 heterocycles. The number of aliphatic carboxylic acids is 1. The zero-order valence-electron chi connectivity index (χ0n) is 12.2. The molecule has 0 saturated heterocycles. The third-order valence-electron chi connectivity index (χ3n) is 2.86. The molecule has 1 aromatic rings. The maximum absolute atomic E-state index is 11.7. The molecule has 1 amide bonds. The number of carboxylic acids is 1. The Kier molecular flexibility index (Phi) is 6.81. The zero-order valence-corrected chi connectivity index (χ0v) is 12.2. The van der Waals surface area contributed by atoms with Crippen molar-refractivity contribution in [2.45, 2.75) is 32.2 Å². The number of ether oxygens (including phenoxy) is 1. The predicted molar refractivity (Wildman–Crippen MR) is 77.7 cm³/mol. The number of hydrogen-bond acceptors (Lipinski definition) is 5. The van der Waals surface area contributed by atoms with E-state index in [0.29, 0.717) is 12.8 Å². The van der Waals surface area contributed by atoms with Crippen LogP contribution >= 0.6 is 0 Å². The maximum Gasteiger partial charge on any atom is 0.326 e. The van der Waals surface area contributed by atoms with Crippen LogP contribution in [0.4, 0.5) is 5.69 Å². The van der Waals surface area contributed by atoms with Crippen LogP contribution in [0.25, 0.3) is 0 Å². The van der Waals surface area contributed by atoms with Crippen molar-refractivity contribution < 1.29 is 24.4 Å². The molecule has 0 saturated carbocycles. The molecule has 0 spiro atoms. The molecule has 8 nitrogen and oxygen atoms in total. The lowest BCUT2D eigenvalue weighted by Gasteiger charge is -2.13. The van der Waals surface area contributed by atoms with Gasteiger partial charge in [-0.1, -0.05) is 25.5 Å². The van der Waals surface area contributed by atoms with Crippen LogP contribution in [0.15, 0.2) is 24.3 Å². The third-order valence-corrected chi connectivity index (χ3v) is 2.86. The van der Waals surface area contributed by atoms with E-state index < -0.39 is 22.8 Å². The quantitative estimate of drug-likeness (QED) is 0.529. The van der Waals surface area contributed by atoms with Gasteiger partial charge in [0.05, 0.1) is 18.0 Å². The van der Waals surface area contributed by atoms with E-state index in [1.54, 1.807) is 6.07 Å². The Labute approximate surface area is 127 Å². The van der Waals surface area contributed by atoms with E-state index in [2.05, 4.69) is 5.32 Å². The van der Waals surface area contributed by atoms with Gasteiger partial charge in [-0.3, -0.25) is 14.9 Å². The van der Waals surface area contributed by atoms with Crippen molar-refractivity contribution in [1.82, 2.24) is 5.32 Å². The molecule has 0 aliphatic heterocycles. The third kappa shape index (κ3) is 5.39. The first kappa shape index (κ1) is 17.4. The molecular weight excluding hydrogens is 292 g/mol. The van der Waals surface area contributed by atoms with Gasteiger partial charge in [-0.15, -0.1) is 0 Å². The number of nitro groups is 1. The monoisotopic (exact) mass is 310 g/mol. The van der Waals surface area contributed by atoms with E-state index in [1.165, 1.54) is 18.2 Å². The van der Waals surface area contributed by atoms with Crippen LogP contribution in [-0.2, 0) is 9.59 Å². The number of carboxylic acid groups (broad SMARTS) is 1. The Hall–Kier alpha value is -2.64. The topological polar surface area (TPSA) is 119 Å². The number of hydrogen-bond donors (Lipinski definition) is 2. The van der Waals surface area contributed by atoms with Crippen LogP contribution in [0.2, 0.25) is 0 Å². The maximum atomic E-state index is 11.7. The summed E-state index contributed by atoms with van der Waals surface area (Å²) in [5.41, 5.74) is -0.183. The van der Waals surface area contributed by atoms with E-state index >= 15 is 0 Å². The molecule has 2 N–H and O–H groups in total. The number of nitro benzene ring substituents is 1. The van der Waals surface area contributed by atoms with Crippen LogP contribution in [0.1, 0.15) is 26.2 Å². The SMILES string of the molecule is CCCC(NC(=O)CCOc1ccccc1[N+](=O)[O-])C(=O)O. The average molecular weight is 310 g/mol. The van der Waals surface area contributed by atoms with E-state index in [9.17, 15) is 19.7 Å². The second kappa shape index (κ2) is 8.60. The number of amides is 1. The molecule has 0 aromatic heterocycles. The summed E-state index contributed by atoms with van der Waals surface area (Å²) in [6.45, 7) is 1.74. The zero-order chi connectivity index (χ0) is 16.5. The largest absolute Gasteiger partial charge is 0.486 e. The Bertz CT molecular complexity index is 546. The van der Waals surface area contributed by atoms with Gasteiger partial charge < -0.3 is 15.2 Å². The van der Waals surface area contributed by atoms with Crippen molar-refractivity contribution in [3.8, 4) is 5.75 Å². The lowest BCUT2D eigenvalue weighted by atomic mass is 10.1. The number of nitrogens with one attached hydrogen (secondary N) is 1. The van der Waals surface area contributed by atoms with Crippen molar-refractivity contribution >= 4 is 17.6 Å². The van der Waals surface area contributed by atoms with E-state index in [0.717, 1.165) is 0 Å². The smallest absolute Gasteiger partial charge is 0.326 e. The van der Waals surface area contributed by atoms with Crippen molar-refractivity contribution in [2.24, 2.45) is 0 Å². The molecule has 0 aliphatic rings. The Morgan fingerprint density at radius 3 is 2.68 bits per heavy atom. The molecule has 22 heavy (non-hydrogen) atoms. The summed E-state index contributed by atoms with van der Waals surface area (Å²) in [6.07, 6.45) is 0.885. The lowest BCUT2D eigenvalue weighted by molar-refractivity contribution is -0.385. The van der Waals surface area contributed by atoms with Gasteiger partial charge in [-0.05, 0) is 12.5 Å². The summed E-state index contributed by atoms with van der Waals surface area (Å²) in [5.74, 6) is -1.49. The Morgan fingerprint density at radius 2 is 2.09 bits per heavy atom. The van der Waals surface area contributed by atoms with Gasteiger partial charge in [-0.2, -0.15) is 0 Å². The Balaban J connectivity index is 2.49. The highest BCUT2D eigenvalue weighted by atomic mass is 16.6. The summed E-state index contributed by atoms with van der Waals surface area (Å²) >= 11 is 0. The second-order valence-electron chi connectivity index (χ2n) is 4.57. The fourth-order valence-electron chi connectivity index (χ4n) is 1.80. The van der Waals surface area contributed by atoms with Gasteiger partial charge >= 0.3 is 11.7 Å². The normalized spacial score (nSPS) is 11.5. The summed E-state index contributed by atoms with van der Waals surface area (Å²) in [6, 6.07) is 4.91. The number of carbonyl (C=O) groups excluding carboxylic acids is 1. The minimum atomic E-state index is -1.09. The van der Waals surface area contributed by atoms with E-state index in [4.69, 9.17) is 9.84 Å². The standard InChI is InChI=1S/C14H18N2O6/c1-2-5-10(14(18)19)15-13(17)8-9-22-12-7-4-3-6-11(12)16(20)21/h3-4,6-7,10H,2,5,8-9H2,1H3,(H,15,17)(H,18,19). The highest BCUT2D eigenvalue weighted by Gasteiger charge is 2.19. The van der Waals surface area contributed by atoms with Crippen LogP contribution in [0, 0.1) is 10.1 Å². The highest BCUT2D eigenvalue weighted by molar-refractivity contribution is 5.83. The molecule has 0 fully saturated rings. The van der Waals surface area contributed by atoms with Gasteiger partial charge in [0.2, 0.25) is 5.91 Å². The first-order chi connectivity index (χ1) is 10.5. The summed E-state index contributed by atoms with van der Waals surface area (Å²) in [4.78, 5) is 32.8. The molecule has 1 aromatic carbocycles. The molecule has 120 valence electrons. The molecule has 0 aliphatic carbocycles. The average Bonchev–Trinajstić information content (AvgIpc) is 2.47. The van der Waals surface area contributed by atoms with Gasteiger partial charge in [0.25, 0.3) is 0 Å². The number of carbonyl (C=O) groups is 2. The van der Waals surface area contributed by atoms with Gasteiger partial charge in [0.1, 0.15) is 6.04 Å². The lowest BCUT2D eigenvalue weighted by Crippen LogP contribution is -2.41. The van der Waals surface area contributed by atoms with Crippen LogP contribution in [0.3, 0.4) is 0 Å². The van der Waals surface area contributed by atoms with Crippen molar-refractivity contribution in [2.75, 3.05) is 6.61 Å². The van der Waals surface area contributed by atoms with Crippen LogP contribution < -0.4 is 10.1 Å². The summed E-state index contributed by atoms with van der Waals surface area (Å²) < 4.78 is 5.22. The highest BCUT2D eigenvalue weighted by Crippen LogP contribution is 2.25. The molecule has 0 radical (unpaired) electrons. The summed E-state index contributed by atoms with van der Waals surface area (Å²) in [5, 5.41) is 22.1. The Morgan fingerprint density at radius 1 is 1.41 bits per heavy atom. The minimum Gasteiger partial charge on any atom is -0.486 e.